The van der Waals surface area contributed by atoms with Crippen LogP contribution in [0, 0.1) is 6.92 Å². The van der Waals surface area contributed by atoms with Crippen LogP contribution in [0.25, 0.3) is 10.2 Å². The van der Waals surface area contributed by atoms with E-state index in [1.807, 2.05) is 0 Å². The molecule has 0 atom stereocenters. The number of hydrogen-bond acceptors (Lipinski definition) is 7. The van der Waals surface area contributed by atoms with E-state index in [-0.39, 0.29) is 17.2 Å². The van der Waals surface area contributed by atoms with Crippen LogP contribution in [0.1, 0.15) is 32.5 Å². The molecule has 1 aromatic carbocycles. The molecule has 0 amide bonds. The van der Waals surface area contributed by atoms with Crippen molar-refractivity contribution in [1.82, 2.24) is 9.97 Å². The summed E-state index contributed by atoms with van der Waals surface area (Å²) in [5.41, 5.74) is 1.20. The molecule has 0 aliphatic heterocycles. The first-order valence-electron chi connectivity index (χ1n) is 7.63. The van der Waals surface area contributed by atoms with Crippen molar-refractivity contribution in [3.8, 4) is 0 Å². The van der Waals surface area contributed by atoms with Crippen LogP contribution in [0.2, 0.25) is 5.02 Å². The van der Waals surface area contributed by atoms with E-state index < -0.39 is 11.9 Å². The number of carbonyl (C=O) groups is 2. The Morgan fingerprint density at radius 2 is 2.12 bits per heavy atom. The zero-order valence-electron chi connectivity index (χ0n) is 13.9. The lowest BCUT2D eigenvalue weighted by Gasteiger charge is -2.09. The Morgan fingerprint density at radius 3 is 2.81 bits per heavy atom. The highest BCUT2D eigenvalue weighted by Gasteiger charge is 2.20. The average Bonchev–Trinajstić information content (AvgIpc) is 2.94. The summed E-state index contributed by atoms with van der Waals surface area (Å²) in [5, 5.41) is 13.1. The summed E-state index contributed by atoms with van der Waals surface area (Å²) in [6.07, 6.45) is 1.38. The molecule has 7 nitrogen and oxygen atoms in total. The van der Waals surface area contributed by atoms with Crippen molar-refractivity contribution in [2.24, 2.45) is 0 Å². The third-order valence-corrected chi connectivity index (χ3v) is 5.16. The first kappa shape index (κ1) is 18.1. The van der Waals surface area contributed by atoms with Crippen molar-refractivity contribution in [1.29, 1.82) is 0 Å². The minimum Gasteiger partial charge on any atom is -0.478 e. The number of carboxylic acid groups (broad SMARTS) is 1. The highest BCUT2D eigenvalue weighted by Crippen LogP contribution is 2.35. The largest absolute Gasteiger partial charge is 0.478 e. The second-order valence-corrected chi connectivity index (χ2v) is 6.71. The molecule has 0 aliphatic carbocycles. The van der Waals surface area contributed by atoms with Crippen molar-refractivity contribution in [2.45, 2.75) is 13.8 Å². The van der Waals surface area contributed by atoms with Gasteiger partial charge in [-0.2, -0.15) is 0 Å². The maximum atomic E-state index is 12.1. The maximum absolute atomic E-state index is 12.1. The number of anilines is 2. The second kappa shape index (κ2) is 7.27. The summed E-state index contributed by atoms with van der Waals surface area (Å²) in [6, 6.07) is 4.57. The molecule has 2 aromatic heterocycles. The fourth-order valence-electron chi connectivity index (χ4n) is 2.46. The Kier molecular flexibility index (Phi) is 5.06. The number of rotatable bonds is 5. The van der Waals surface area contributed by atoms with Crippen molar-refractivity contribution in [2.75, 3.05) is 11.9 Å². The van der Waals surface area contributed by atoms with Gasteiger partial charge >= 0.3 is 11.9 Å². The van der Waals surface area contributed by atoms with Crippen LogP contribution in [0.4, 0.5) is 11.5 Å². The summed E-state index contributed by atoms with van der Waals surface area (Å²) in [6.45, 7) is 3.82. The average molecular weight is 392 g/mol. The van der Waals surface area contributed by atoms with E-state index >= 15 is 0 Å². The number of benzene rings is 1. The number of fused-ring (bicyclic) bond motifs is 1. The molecule has 0 bridgehead atoms. The molecule has 0 unspecified atom stereocenters. The van der Waals surface area contributed by atoms with Gasteiger partial charge in [-0.1, -0.05) is 11.6 Å². The number of carbonyl (C=O) groups excluding carboxylic acids is 1. The number of nitrogens with zero attached hydrogens (tertiary/aromatic N) is 2. The van der Waals surface area contributed by atoms with Gasteiger partial charge in [0.2, 0.25) is 0 Å². The van der Waals surface area contributed by atoms with Gasteiger partial charge in [-0.25, -0.2) is 19.6 Å². The van der Waals surface area contributed by atoms with E-state index in [1.54, 1.807) is 19.9 Å². The number of thiophene rings is 1. The fraction of sp³-hybridized carbons (Fsp3) is 0.176. The number of esters is 1. The van der Waals surface area contributed by atoms with Crippen LogP contribution < -0.4 is 5.32 Å². The predicted octanol–water partition coefficient (Wildman–Crippen LogP) is 4.27. The zero-order valence-corrected chi connectivity index (χ0v) is 15.4. The number of nitrogens with one attached hydrogen (secondary N) is 1. The molecule has 2 heterocycles. The van der Waals surface area contributed by atoms with Crippen LogP contribution in [0.5, 0.6) is 0 Å². The highest BCUT2D eigenvalue weighted by atomic mass is 35.5. The van der Waals surface area contributed by atoms with Crippen molar-refractivity contribution in [3.05, 3.63) is 45.6 Å². The van der Waals surface area contributed by atoms with Gasteiger partial charge in [-0.15, -0.1) is 11.3 Å². The Hall–Kier alpha value is -2.71. The molecule has 9 heteroatoms. The Balaban J connectivity index is 2.05. The quantitative estimate of drug-likeness (QED) is 0.626. The predicted molar refractivity (Wildman–Crippen MR) is 99.8 cm³/mol. The maximum Gasteiger partial charge on any atom is 0.348 e. The lowest BCUT2D eigenvalue weighted by Crippen LogP contribution is -2.04. The first-order valence-corrected chi connectivity index (χ1v) is 8.83. The lowest BCUT2D eigenvalue weighted by atomic mass is 10.1. The Labute approximate surface area is 157 Å². The SMILES string of the molecule is CCOC(=O)c1sc2ncnc(Nc3ccc(Cl)c(C(=O)O)c3)c2c1C. The molecule has 0 radical (unpaired) electrons. The highest BCUT2D eigenvalue weighted by molar-refractivity contribution is 7.20. The smallest absolute Gasteiger partial charge is 0.348 e. The molecule has 3 aromatic rings. The summed E-state index contributed by atoms with van der Waals surface area (Å²) in [4.78, 5) is 32.9. The minimum absolute atomic E-state index is 0.0174. The number of hydrogen-bond donors (Lipinski definition) is 2. The van der Waals surface area contributed by atoms with Gasteiger partial charge in [0.1, 0.15) is 21.9 Å². The number of ether oxygens (including phenoxy) is 1. The van der Waals surface area contributed by atoms with E-state index in [2.05, 4.69) is 15.3 Å². The zero-order chi connectivity index (χ0) is 18.8. The monoisotopic (exact) mass is 391 g/mol. The topological polar surface area (TPSA) is 101 Å². The molecule has 26 heavy (non-hydrogen) atoms. The first-order chi connectivity index (χ1) is 12.4. The summed E-state index contributed by atoms with van der Waals surface area (Å²) in [7, 11) is 0. The van der Waals surface area contributed by atoms with Gasteiger partial charge in [0.25, 0.3) is 0 Å². The van der Waals surface area contributed by atoms with Crippen LogP contribution >= 0.6 is 22.9 Å². The minimum atomic E-state index is -1.12. The van der Waals surface area contributed by atoms with Gasteiger partial charge in [0.05, 0.1) is 22.6 Å². The van der Waals surface area contributed by atoms with Crippen LogP contribution in [-0.2, 0) is 4.74 Å². The van der Waals surface area contributed by atoms with Crippen LogP contribution in [0.3, 0.4) is 0 Å². The van der Waals surface area contributed by atoms with Crippen molar-refractivity contribution >= 4 is 56.6 Å². The third kappa shape index (κ3) is 3.33. The molecule has 2 N–H and O–H groups in total. The van der Waals surface area contributed by atoms with E-state index in [0.717, 1.165) is 0 Å². The number of aryl methyl sites for hydroxylation is 1. The molecule has 3 rings (SSSR count). The van der Waals surface area contributed by atoms with Crippen LogP contribution in [-0.4, -0.2) is 33.6 Å². The van der Waals surface area contributed by atoms with E-state index in [9.17, 15) is 14.7 Å². The number of aromatic nitrogens is 2. The summed E-state index contributed by atoms with van der Waals surface area (Å²) in [5.74, 6) is -1.06. The number of aromatic carboxylic acids is 1. The molecule has 0 aliphatic rings. The summed E-state index contributed by atoms with van der Waals surface area (Å²) >= 11 is 7.12. The van der Waals surface area contributed by atoms with Crippen LogP contribution in [0.15, 0.2) is 24.5 Å². The molecular formula is C17H14ClN3O4S. The standard InChI is InChI=1S/C17H14ClN3O4S/c1-3-25-17(24)13-8(2)12-14(19-7-20-15(12)26-13)21-9-4-5-11(18)10(6-9)16(22)23/h4-7H,3H2,1-2H3,(H,22,23)(H,19,20,21). The molecular weight excluding hydrogens is 378 g/mol. The van der Waals surface area contributed by atoms with Gasteiger partial charge < -0.3 is 15.2 Å². The fourth-order valence-corrected chi connectivity index (χ4v) is 3.70. The Morgan fingerprint density at radius 1 is 1.35 bits per heavy atom. The lowest BCUT2D eigenvalue weighted by molar-refractivity contribution is 0.0531. The Bertz CT molecular complexity index is 1020. The van der Waals surface area contributed by atoms with Gasteiger partial charge in [-0.05, 0) is 37.6 Å². The normalized spacial score (nSPS) is 10.7. The van der Waals surface area contributed by atoms with E-state index in [1.165, 1.54) is 29.8 Å². The second-order valence-electron chi connectivity index (χ2n) is 5.30. The van der Waals surface area contributed by atoms with Crippen molar-refractivity contribution in [3.63, 3.8) is 0 Å². The summed E-state index contributed by atoms with van der Waals surface area (Å²) < 4.78 is 5.07. The molecule has 0 saturated heterocycles. The molecule has 0 fully saturated rings. The van der Waals surface area contributed by atoms with E-state index in [0.29, 0.717) is 32.2 Å². The number of halogens is 1. The molecule has 134 valence electrons. The van der Waals surface area contributed by atoms with Gasteiger partial charge in [-0.3, -0.25) is 0 Å². The number of carboxylic acids is 1. The van der Waals surface area contributed by atoms with Gasteiger partial charge in [0, 0.05) is 5.69 Å². The van der Waals surface area contributed by atoms with Gasteiger partial charge in [0.15, 0.2) is 0 Å². The third-order valence-electron chi connectivity index (χ3n) is 3.65. The molecule has 0 saturated carbocycles. The molecule has 0 spiro atoms. The van der Waals surface area contributed by atoms with Crippen molar-refractivity contribution < 1.29 is 19.4 Å². The van der Waals surface area contributed by atoms with E-state index in [4.69, 9.17) is 16.3 Å².